The number of carbonyl (C=O) groups excluding carboxylic acids is 1. The third kappa shape index (κ3) is 4.84. The van der Waals surface area contributed by atoms with Gasteiger partial charge >= 0.3 is 12.4 Å². The number of amides is 1. The Kier molecular flexibility index (Phi) is 6.05. The van der Waals surface area contributed by atoms with Crippen LogP contribution in [0.1, 0.15) is 48.4 Å². The van der Waals surface area contributed by atoms with Gasteiger partial charge in [-0.05, 0) is 50.8 Å². The predicted molar refractivity (Wildman–Crippen MR) is 100 cm³/mol. The van der Waals surface area contributed by atoms with Crippen molar-refractivity contribution in [2.75, 3.05) is 0 Å². The van der Waals surface area contributed by atoms with E-state index in [1.165, 1.54) is 13.8 Å². The molecular weight excluding hydrogens is 483 g/mol. The summed E-state index contributed by atoms with van der Waals surface area (Å²) in [6.07, 6.45) is -9.49. The largest absolute Gasteiger partial charge is 0.435 e. The van der Waals surface area contributed by atoms with Crippen molar-refractivity contribution in [3.8, 4) is 0 Å². The molecule has 0 spiro atoms. The Hall–Kier alpha value is -2.64. The van der Waals surface area contributed by atoms with Crippen molar-refractivity contribution in [3.63, 3.8) is 0 Å². The number of nitrogens with one attached hydrogen (secondary N) is 2. The molecule has 14 heteroatoms. The molecule has 33 heavy (non-hydrogen) atoms. The lowest BCUT2D eigenvalue weighted by Gasteiger charge is -2.44. The lowest BCUT2D eigenvalue weighted by molar-refractivity contribution is -0.141. The first-order valence-corrected chi connectivity index (χ1v) is 11.0. The van der Waals surface area contributed by atoms with Crippen LogP contribution in [-0.4, -0.2) is 35.3 Å². The van der Waals surface area contributed by atoms with E-state index in [1.54, 1.807) is 0 Å². The first-order valence-electron chi connectivity index (χ1n) is 9.49. The maximum Gasteiger partial charge on any atom is 0.435 e. The SMILES string of the molecule is CC(C)([C@H]1C[C@H](NC(=O)c2cc(C(F)(F)F)n[nH]2)C1)S(=O)(=O)c1cc(F)cc(C(F)(F)F)c1. The van der Waals surface area contributed by atoms with E-state index in [0.717, 1.165) is 0 Å². The monoisotopic (exact) mass is 501 g/mol. The Balaban J connectivity index is 1.71. The second-order valence-corrected chi connectivity index (χ2v) is 10.8. The molecule has 1 fully saturated rings. The number of H-pyrrole nitrogens is 1. The number of nitrogens with zero attached hydrogens (tertiary/aromatic N) is 1. The summed E-state index contributed by atoms with van der Waals surface area (Å²) in [6.45, 7) is 2.57. The van der Waals surface area contributed by atoms with Gasteiger partial charge in [-0.15, -0.1) is 0 Å². The number of hydrogen-bond donors (Lipinski definition) is 2. The molecule has 6 nitrogen and oxygen atoms in total. The molecule has 1 saturated carbocycles. The molecule has 0 aliphatic heterocycles. The summed E-state index contributed by atoms with van der Waals surface area (Å²) >= 11 is 0. The van der Waals surface area contributed by atoms with E-state index in [4.69, 9.17) is 0 Å². The fraction of sp³-hybridized carbons (Fsp3) is 0.474. The van der Waals surface area contributed by atoms with Crippen molar-refractivity contribution in [2.24, 2.45) is 5.92 Å². The highest BCUT2D eigenvalue weighted by Gasteiger charge is 2.49. The zero-order chi connectivity index (χ0) is 25.0. The average molecular weight is 501 g/mol. The van der Waals surface area contributed by atoms with Gasteiger partial charge in [0, 0.05) is 12.1 Å². The smallest absolute Gasteiger partial charge is 0.348 e. The first kappa shape index (κ1) is 25.0. The number of sulfone groups is 1. The van der Waals surface area contributed by atoms with Gasteiger partial charge in [0.25, 0.3) is 5.91 Å². The molecular formula is C19H18F7N3O3S. The van der Waals surface area contributed by atoms with Crippen LogP contribution in [0.5, 0.6) is 0 Å². The van der Waals surface area contributed by atoms with E-state index < -0.39 is 72.5 Å². The Bertz CT molecular complexity index is 1160. The maximum atomic E-state index is 13.7. The van der Waals surface area contributed by atoms with Crippen LogP contribution in [0.2, 0.25) is 0 Å². The van der Waals surface area contributed by atoms with Gasteiger partial charge in [0.15, 0.2) is 15.5 Å². The van der Waals surface area contributed by atoms with Gasteiger partial charge in [0.1, 0.15) is 11.5 Å². The van der Waals surface area contributed by atoms with Gasteiger partial charge in [-0.2, -0.15) is 31.4 Å². The Morgan fingerprint density at radius 1 is 1.03 bits per heavy atom. The average Bonchev–Trinajstić information content (AvgIpc) is 3.13. The summed E-state index contributed by atoms with van der Waals surface area (Å²) in [5.41, 5.74) is -3.15. The number of benzene rings is 1. The van der Waals surface area contributed by atoms with E-state index in [2.05, 4.69) is 10.4 Å². The number of halogens is 7. The van der Waals surface area contributed by atoms with E-state index in [0.29, 0.717) is 18.2 Å². The number of carbonyl (C=O) groups is 1. The van der Waals surface area contributed by atoms with Crippen molar-refractivity contribution in [1.29, 1.82) is 0 Å². The van der Waals surface area contributed by atoms with Gasteiger partial charge in [0.05, 0.1) is 15.2 Å². The van der Waals surface area contributed by atoms with Crippen LogP contribution >= 0.6 is 0 Å². The van der Waals surface area contributed by atoms with Gasteiger partial charge in [0.2, 0.25) is 0 Å². The zero-order valence-electron chi connectivity index (χ0n) is 17.1. The molecule has 1 amide bonds. The van der Waals surface area contributed by atoms with E-state index >= 15 is 0 Å². The van der Waals surface area contributed by atoms with Crippen LogP contribution in [-0.2, 0) is 22.2 Å². The minimum atomic E-state index is -4.94. The minimum Gasteiger partial charge on any atom is -0.348 e. The maximum absolute atomic E-state index is 13.7. The summed E-state index contributed by atoms with van der Waals surface area (Å²) in [4.78, 5) is 11.3. The molecule has 1 aliphatic rings. The molecule has 1 heterocycles. The predicted octanol–water partition coefficient (Wildman–Crippen LogP) is 4.35. The normalized spacial score (nSPS) is 19.8. The molecule has 0 unspecified atom stereocenters. The first-order chi connectivity index (χ1) is 14.9. The Morgan fingerprint density at radius 2 is 1.64 bits per heavy atom. The molecule has 2 aromatic rings. The van der Waals surface area contributed by atoms with Crippen LogP contribution in [0.25, 0.3) is 0 Å². The van der Waals surface area contributed by atoms with E-state index in [9.17, 15) is 43.9 Å². The highest BCUT2D eigenvalue weighted by Crippen LogP contribution is 2.44. The lowest BCUT2D eigenvalue weighted by atomic mass is 9.73. The molecule has 3 rings (SSSR count). The number of aromatic amines is 1. The van der Waals surface area contributed by atoms with E-state index in [-0.39, 0.29) is 18.9 Å². The van der Waals surface area contributed by atoms with Gasteiger partial charge < -0.3 is 5.32 Å². The lowest BCUT2D eigenvalue weighted by Crippen LogP contribution is -2.53. The number of alkyl halides is 6. The quantitative estimate of drug-likeness (QED) is 0.596. The molecule has 0 saturated heterocycles. The minimum absolute atomic E-state index is 0.0969. The fourth-order valence-electron chi connectivity index (χ4n) is 3.55. The summed E-state index contributed by atoms with van der Waals surface area (Å²) in [5.74, 6) is -2.84. The second kappa shape index (κ2) is 7.99. The van der Waals surface area contributed by atoms with E-state index in [1.807, 2.05) is 5.10 Å². The summed E-state index contributed by atoms with van der Waals surface area (Å²) in [7, 11) is -4.41. The van der Waals surface area contributed by atoms with Gasteiger partial charge in [-0.25, -0.2) is 12.8 Å². The van der Waals surface area contributed by atoms with Crippen LogP contribution in [0.15, 0.2) is 29.2 Å². The molecule has 0 radical (unpaired) electrons. The van der Waals surface area contributed by atoms with Crippen LogP contribution in [0.4, 0.5) is 30.7 Å². The highest BCUT2D eigenvalue weighted by atomic mass is 32.2. The molecule has 2 N–H and O–H groups in total. The second-order valence-electron chi connectivity index (χ2n) is 8.28. The highest BCUT2D eigenvalue weighted by molar-refractivity contribution is 7.92. The Labute approximate surface area is 183 Å². The molecule has 1 aromatic heterocycles. The van der Waals surface area contributed by atoms with Crippen LogP contribution in [0, 0.1) is 11.7 Å². The van der Waals surface area contributed by atoms with Crippen molar-refractivity contribution >= 4 is 15.7 Å². The van der Waals surface area contributed by atoms with Gasteiger partial charge in [-0.3, -0.25) is 9.89 Å². The van der Waals surface area contributed by atoms with Crippen LogP contribution in [0.3, 0.4) is 0 Å². The van der Waals surface area contributed by atoms with Crippen LogP contribution < -0.4 is 5.32 Å². The topological polar surface area (TPSA) is 91.9 Å². The number of aromatic nitrogens is 2. The summed E-state index contributed by atoms with van der Waals surface area (Å²) < 4.78 is 115. The summed E-state index contributed by atoms with van der Waals surface area (Å²) in [6, 6.07) is 1.03. The fourth-order valence-corrected chi connectivity index (χ4v) is 5.34. The van der Waals surface area contributed by atoms with Crippen molar-refractivity contribution in [3.05, 3.63) is 47.0 Å². The molecule has 1 aliphatic carbocycles. The zero-order valence-corrected chi connectivity index (χ0v) is 17.9. The van der Waals surface area contributed by atoms with Gasteiger partial charge in [-0.1, -0.05) is 0 Å². The molecule has 0 bridgehead atoms. The standard InChI is InChI=1S/C19H18F7N3O3S/c1-17(2,33(31,32)13-6-10(18(21,22)23)3-11(20)7-13)9-4-12(5-9)27-16(30)14-8-15(29-28-14)19(24,25)26/h3,6-9,12H,4-5H2,1-2H3,(H,27,30)(H,28,29)/t9-,12-. The summed E-state index contributed by atoms with van der Waals surface area (Å²) in [5, 5.41) is 7.43. The van der Waals surface area contributed by atoms with Crippen molar-refractivity contribution < 1.29 is 43.9 Å². The molecule has 1 aromatic carbocycles. The molecule has 0 atom stereocenters. The number of hydrogen-bond acceptors (Lipinski definition) is 4. The third-order valence-corrected chi connectivity index (χ3v) is 8.35. The third-order valence-electron chi connectivity index (χ3n) is 5.77. The van der Waals surface area contributed by atoms with Crippen molar-refractivity contribution in [1.82, 2.24) is 15.5 Å². The Morgan fingerprint density at radius 3 is 2.15 bits per heavy atom. The number of rotatable bonds is 5. The molecule has 182 valence electrons. The van der Waals surface area contributed by atoms with Crippen molar-refractivity contribution in [2.45, 2.75) is 54.7 Å².